The van der Waals surface area contributed by atoms with Crippen molar-refractivity contribution in [3.8, 4) is 0 Å². The number of hydroxylamine groups is 1. The van der Waals surface area contributed by atoms with Crippen LogP contribution in [0.5, 0.6) is 0 Å². The third-order valence-corrected chi connectivity index (χ3v) is 1.02. The highest BCUT2D eigenvalue weighted by Gasteiger charge is 2.11. The van der Waals surface area contributed by atoms with Crippen molar-refractivity contribution in [1.82, 2.24) is 5.48 Å². The van der Waals surface area contributed by atoms with Gasteiger partial charge in [-0.05, 0) is 19.8 Å². The van der Waals surface area contributed by atoms with Gasteiger partial charge in [-0.3, -0.25) is 0 Å². The van der Waals surface area contributed by atoms with Gasteiger partial charge in [0.25, 0.3) is 0 Å². The largest absolute Gasteiger partial charge is 0.389 e. The molecule has 2 N–H and O–H groups in total. The summed E-state index contributed by atoms with van der Waals surface area (Å²) in [6, 6.07) is 0. The second-order valence-corrected chi connectivity index (χ2v) is 3.84. The minimum absolute atomic E-state index is 0.458. The highest BCUT2D eigenvalue weighted by molar-refractivity contribution is 4.64. The van der Waals surface area contributed by atoms with Gasteiger partial charge in [-0.1, -0.05) is 13.8 Å². The predicted molar refractivity (Wildman–Crippen MR) is 45.1 cm³/mol. The van der Waals surface area contributed by atoms with E-state index in [1.807, 2.05) is 0 Å². The maximum Gasteiger partial charge on any atom is 0.0738 e. The minimum atomic E-state index is -0.697. The highest BCUT2D eigenvalue weighted by Crippen LogP contribution is 1.97. The van der Waals surface area contributed by atoms with Crippen molar-refractivity contribution in [3.63, 3.8) is 0 Å². The molecule has 0 radical (unpaired) electrons. The van der Waals surface area contributed by atoms with Gasteiger partial charge in [0.1, 0.15) is 0 Å². The fourth-order valence-electron chi connectivity index (χ4n) is 0.453. The Morgan fingerprint density at radius 1 is 1.45 bits per heavy atom. The van der Waals surface area contributed by atoms with E-state index in [1.54, 1.807) is 13.8 Å². The monoisotopic (exact) mass is 161 g/mol. The van der Waals surface area contributed by atoms with Gasteiger partial charge in [-0.2, -0.15) is 5.48 Å². The summed E-state index contributed by atoms with van der Waals surface area (Å²) in [5.74, 6) is 0.518. The Bertz CT molecular complexity index is 96.8. The summed E-state index contributed by atoms with van der Waals surface area (Å²) in [5, 5.41) is 9.24. The average Bonchev–Trinajstić information content (AvgIpc) is 1.78. The van der Waals surface area contributed by atoms with Gasteiger partial charge in [-0.25, -0.2) is 0 Å². The van der Waals surface area contributed by atoms with Crippen LogP contribution >= 0.6 is 0 Å². The van der Waals surface area contributed by atoms with Gasteiger partial charge in [0.2, 0.25) is 0 Å². The third-order valence-electron chi connectivity index (χ3n) is 1.02. The van der Waals surface area contributed by atoms with Crippen molar-refractivity contribution in [2.45, 2.75) is 33.3 Å². The van der Waals surface area contributed by atoms with E-state index in [9.17, 15) is 5.11 Å². The molecule has 0 unspecified atom stereocenters. The summed E-state index contributed by atoms with van der Waals surface area (Å²) in [4.78, 5) is 5.06. The zero-order chi connectivity index (χ0) is 8.91. The molecule has 3 heteroatoms. The number of nitrogens with one attached hydrogen (secondary N) is 1. The number of rotatable bonds is 5. The van der Waals surface area contributed by atoms with Crippen LogP contribution in [0.25, 0.3) is 0 Å². The van der Waals surface area contributed by atoms with Gasteiger partial charge in [0.05, 0.1) is 12.2 Å². The van der Waals surface area contributed by atoms with Gasteiger partial charge >= 0.3 is 0 Å². The minimum Gasteiger partial charge on any atom is -0.389 e. The van der Waals surface area contributed by atoms with E-state index in [0.29, 0.717) is 19.1 Å². The molecule has 68 valence electrons. The molecule has 0 aromatic carbocycles. The quantitative estimate of drug-likeness (QED) is 0.465. The Morgan fingerprint density at radius 2 is 2.00 bits per heavy atom. The molecule has 0 amide bonds. The van der Waals surface area contributed by atoms with Crippen LogP contribution in [0.15, 0.2) is 0 Å². The average molecular weight is 161 g/mol. The second kappa shape index (κ2) is 4.70. The summed E-state index contributed by atoms with van der Waals surface area (Å²) < 4.78 is 0. The van der Waals surface area contributed by atoms with Crippen molar-refractivity contribution in [2.75, 3.05) is 13.2 Å². The molecule has 0 rings (SSSR count). The summed E-state index contributed by atoms with van der Waals surface area (Å²) in [5.41, 5.74) is 2.01. The van der Waals surface area contributed by atoms with E-state index in [1.165, 1.54) is 0 Å². The maximum atomic E-state index is 9.24. The fraction of sp³-hybridized carbons (Fsp3) is 1.00. The molecule has 0 aliphatic heterocycles. The Morgan fingerprint density at radius 3 is 2.36 bits per heavy atom. The Hall–Kier alpha value is -0.120. The third kappa shape index (κ3) is 9.88. The highest BCUT2D eigenvalue weighted by atomic mass is 16.6. The molecule has 0 aliphatic rings. The Labute approximate surface area is 68.7 Å². The first-order valence-electron chi connectivity index (χ1n) is 3.99. The van der Waals surface area contributed by atoms with Gasteiger partial charge in [0.15, 0.2) is 0 Å². The maximum absolute atomic E-state index is 9.24. The molecule has 3 nitrogen and oxygen atoms in total. The van der Waals surface area contributed by atoms with Crippen molar-refractivity contribution in [3.05, 3.63) is 0 Å². The SMILES string of the molecule is CC(C)CONCC(C)(C)O. The molecule has 0 atom stereocenters. The standard InChI is InChI=1S/C8H19NO2/c1-7(2)5-11-9-6-8(3,4)10/h7,9-10H,5-6H2,1-4H3. The lowest BCUT2D eigenvalue weighted by Crippen LogP contribution is -2.35. The van der Waals surface area contributed by atoms with Crippen LogP contribution < -0.4 is 5.48 Å². The lowest BCUT2D eigenvalue weighted by Gasteiger charge is -2.17. The van der Waals surface area contributed by atoms with E-state index in [2.05, 4.69) is 19.3 Å². The van der Waals surface area contributed by atoms with Crippen LogP contribution in [0.1, 0.15) is 27.7 Å². The van der Waals surface area contributed by atoms with Crippen LogP contribution in [-0.4, -0.2) is 23.9 Å². The molecule has 0 fully saturated rings. The first-order valence-corrected chi connectivity index (χ1v) is 3.99. The van der Waals surface area contributed by atoms with Crippen LogP contribution in [0.3, 0.4) is 0 Å². The molecule has 0 saturated carbocycles. The van der Waals surface area contributed by atoms with Crippen molar-refractivity contribution < 1.29 is 9.94 Å². The number of hydrogen-bond acceptors (Lipinski definition) is 3. The van der Waals surface area contributed by atoms with E-state index in [0.717, 1.165) is 0 Å². The van der Waals surface area contributed by atoms with Crippen molar-refractivity contribution in [1.29, 1.82) is 0 Å². The van der Waals surface area contributed by atoms with E-state index < -0.39 is 5.60 Å². The van der Waals surface area contributed by atoms with E-state index in [-0.39, 0.29) is 0 Å². The molecule has 11 heavy (non-hydrogen) atoms. The first kappa shape index (κ1) is 10.9. The van der Waals surface area contributed by atoms with Crippen molar-refractivity contribution in [2.24, 2.45) is 5.92 Å². The van der Waals surface area contributed by atoms with Gasteiger partial charge in [0, 0.05) is 6.54 Å². The molecular formula is C8H19NO2. The van der Waals surface area contributed by atoms with E-state index in [4.69, 9.17) is 4.84 Å². The van der Waals surface area contributed by atoms with E-state index >= 15 is 0 Å². The zero-order valence-electron chi connectivity index (χ0n) is 7.85. The molecule has 0 aromatic rings. The Kier molecular flexibility index (Phi) is 4.65. The summed E-state index contributed by atoms with van der Waals surface area (Å²) in [6.45, 7) is 8.75. The molecular weight excluding hydrogens is 142 g/mol. The van der Waals surface area contributed by atoms with Crippen LogP contribution in [0, 0.1) is 5.92 Å². The first-order chi connectivity index (χ1) is 4.92. The topological polar surface area (TPSA) is 41.5 Å². The normalized spacial score (nSPS) is 12.5. The van der Waals surface area contributed by atoms with Gasteiger partial charge < -0.3 is 9.94 Å². The van der Waals surface area contributed by atoms with Crippen LogP contribution in [0.2, 0.25) is 0 Å². The lowest BCUT2D eigenvalue weighted by molar-refractivity contribution is -0.0242. The van der Waals surface area contributed by atoms with Crippen LogP contribution in [-0.2, 0) is 4.84 Å². The molecule has 0 aliphatic carbocycles. The summed E-state index contributed by atoms with van der Waals surface area (Å²) in [6.07, 6.45) is 0. The van der Waals surface area contributed by atoms with Gasteiger partial charge in [-0.15, -0.1) is 0 Å². The number of hydrogen-bond donors (Lipinski definition) is 2. The second-order valence-electron chi connectivity index (χ2n) is 3.84. The lowest BCUT2D eigenvalue weighted by atomic mass is 10.1. The molecule has 0 spiro atoms. The Balaban J connectivity index is 3.15. The summed E-state index contributed by atoms with van der Waals surface area (Å²) >= 11 is 0. The fourth-order valence-corrected chi connectivity index (χ4v) is 0.453. The molecule has 0 bridgehead atoms. The van der Waals surface area contributed by atoms with Crippen LogP contribution in [0.4, 0.5) is 0 Å². The molecule has 0 aromatic heterocycles. The molecule has 0 heterocycles. The number of aliphatic hydroxyl groups is 1. The smallest absolute Gasteiger partial charge is 0.0738 e. The molecule has 0 saturated heterocycles. The van der Waals surface area contributed by atoms with Crippen molar-refractivity contribution >= 4 is 0 Å². The predicted octanol–water partition coefficient (Wildman–Crippen LogP) is 0.934. The zero-order valence-corrected chi connectivity index (χ0v) is 7.85. The summed E-state index contributed by atoms with van der Waals surface area (Å²) in [7, 11) is 0.